The molecule has 0 aliphatic carbocycles. The summed E-state index contributed by atoms with van der Waals surface area (Å²) in [5.74, 6) is 0.949. The quantitative estimate of drug-likeness (QED) is 0.497. The lowest BCUT2D eigenvalue weighted by Crippen LogP contribution is -2.28. The maximum Gasteiger partial charge on any atom is 0.158 e. The number of amidine groups is 1. The first-order valence-corrected chi connectivity index (χ1v) is 11.9. The lowest BCUT2D eigenvalue weighted by atomic mass is 10.0. The molecule has 2 aromatic rings. The predicted molar refractivity (Wildman–Crippen MR) is 137 cm³/mol. The summed E-state index contributed by atoms with van der Waals surface area (Å²) in [5, 5.41) is 4.65. The van der Waals surface area contributed by atoms with Crippen LogP contribution in [0, 0.1) is 13.8 Å². The lowest BCUT2D eigenvalue weighted by molar-refractivity contribution is 0.638. The Morgan fingerprint density at radius 3 is 2.40 bits per heavy atom. The van der Waals surface area contributed by atoms with Crippen LogP contribution in [0.3, 0.4) is 0 Å². The van der Waals surface area contributed by atoms with E-state index in [0.29, 0.717) is 0 Å². The van der Waals surface area contributed by atoms with E-state index in [2.05, 4.69) is 93.3 Å². The van der Waals surface area contributed by atoms with Crippen LogP contribution in [0.5, 0.6) is 0 Å². The molecule has 1 aliphatic rings. The van der Waals surface area contributed by atoms with Crippen LogP contribution in [-0.2, 0) is 5.75 Å². The summed E-state index contributed by atoms with van der Waals surface area (Å²) in [4.78, 5) is 4.98. The molecular formula is C27H38N2S. The summed E-state index contributed by atoms with van der Waals surface area (Å²) in [7, 11) is 0. The van der Waals surface area contributed by atoms with E-state index in [9.17, 15) is 0 Å². The van der Waals surface area contributed by atoms with Gasteiger partial charge in [0.15, 0.2) is 5.17 Å². The monoisotopic (exact) mass is 422 g/mol. The molecule has 0 amide bonds. The second-order valence-electron chi connectivity index (χ2n) is 6.92. The highest BCUT2D eigenvalue weighted by molar-refractivity contribution is 8.13. The Bertz CT molecular complexity index is 809. The average Bonchev–Trinajstić information content (AvgIpc) is 3.18. The minimum absolute atomic E-state index is 0.158. The minimum Gasteiger partial charge on any atom is -0.356 e. The first-order chi connectivity index (χ1) is 14.6. The number of nitrogens with zero attached hydrogens (tertiary/aromatic N) is 1. The Labute approximate surface area is 188 Å². The van der Waals surface area contributed by atoms with Crippen LogP contribution >= 0.6 is 11.8 Å². The Hall–Kier alpha value is -2.26. The molecule has 1 N–H and O–H groups in total. The molecule has 1 aliphatic heterocycles. The van der Waals surface area contributed by atoms with E-state index in [1.54, 1.807) is 17.8 Å². The fraction of sp³-hybridized carbons (Fsp3) is 0.370. The highest BCUT2D eigenvalue weighted by Crippen LogP contribution is 2.30. The van der Waals surface area contributed by atoms with E-state index in [4.69, 9.17) is 4.99 Å². The molecule has 0 saturated heterocycles. The molecule has 162 valence electrons. The van der Waals surface area contributed by atoms with Crippen molar-refractivity contribution < 1.29 is 0 Å². The van der Waals surface area contributed by atoms with Crippen molar-refractivity contribution in [2.75, 3.05) is 0 Å². The summed E-state index contributed by atoms with van der Waals surface area (Å²) in [6.07, 6.45) is 7.28. The molecule has 0 saturated carbocycles. The van der Waals surface area contributed by atoms with Crippen LogP contribution in [0.4, 0.5) is 0 Å². The third kappa shape index (κ3) is 8.23. The maximum absolute atomic E-state index is 4.98. The predicted octanol–water partition coefficient (Wildman–Crippen LogP) is 7.79. The summed E-state index contributed by atoms with van der Waals surface area (Å²) >= 11 is 1.80. The molecule has 0 aromatic heterocycles. The highest BCUT2D eigenvalue weighted by atomic mass is 32.2. The van der Waals surface area contributed by atoms with Crippen LogP contribution in [-0.4, -0.2) is 11.2 Å². The Morgan fingerprint density at radius 1 is 1.10 bits per heavy atom. The molecule has 0 fully saturated rings. The summed E-state index contributed by atoms with van der Waals surface area (Å²) in [6, 6.07) is 17.6. The van der Waals surface area contributed by atoms with Gasteiger partial charge in [-0.15, -0.1) is 6.58 Å². The highest BCUT2D eigenvalue weighted by Gasteiger charge is 2.28. The second-order valence-corrected chi connectivity index (χ2v) is 7.89. The van der Waals surface area contributed by atoms with Crippen LogP contribution in [0.2, 0.25) is 0 Å². The molecule has 3 rings (SSSR count). The van der Waals surface area contributed by atoms with Crippen LogP contribution in [0.1, 0.15) is 62.4 Å². The van der Waals surface area contributed by atoms with Crippen LogP contribution < -0.4 is 5.32 Å². The number of benzene rings is 2. The van der Waals surface area contributed by atoms with Gasteiger partial charge in [0.25, 0.3) is 0 Å². The Kier molecular flexibility index (Phi) is 12.6. The molecule has 2 aromatic carbocycles. The van der Waals surface area contributed by atoms with Crippen molar-refractivity contribution in [1.82, 2.24) is 5.32 Å². The van der Waals surface area contributed by atoms with Gasteiger partial charge in [-0.1, -0.05) is 105 Å². The van der Waals surface area contributed by atoms with Gasteiger partial charge in [0, 0.05) is 5.75 Å². The fourth-order valence-electron chi connectivity index (χ4n) is 3.01. The van der Waals surface area contributed by atoms with Crippen LogP contribution in [0.25, 0.3) is 0 Å². The van der Waals surface area contributed by atoms with E-state index in [1.165, 1.54) is 22.3 Å². The van der Waals surface area contributed by atoms with Gasteiger partial charge in [-0.25, -0.2) is 0 Å². The Balaban J connectivity index is 0.000000826. The molecule has 2 nitrogen and oxygen atoms in total. The largest absolute Gasteiger partial charge is 0.356 e. The van der Waals surface area contributed by atoms with Gasteiger partial charge in [-0.05, 0) is 43.9 Å². The zero-order valence-electron chi connectivity index (χ0n) is 19.5. The average molecular weight is 423 g/mol. The van der Waals surface area contributed by atoms with Crippen molar-refractivity contribution in [2.24, 2.45) is 4.99 Å². The molecule has 2 atom stereocenters. The number of thioether (sulfide) groups is 1. The molecule has 0 bridgehead atoms. The normalized spacial score (nSPS) is 17.2. The lowest BCUT2D eigenvalue weighted by Gasteiger charge is -2.15. The van der Waals surface area contributed by atoms with Crippen molar-refractivity contribution in [1.29, 1.82) is 0 Å². The Morgan fingerprint density at radius 2 is 1.77 bits per heavy atom. The number of hydrogen-bond donors (Lipinski definition) is 1. The van der Waals surface area contributed by atoms with Gasteiger partial charge in [-0.3, -0.25) is 4.99 Å². The van der Waals surface area contributed by atoms with Gasteiger partial charge >= 0.3 is 0 Å². The van der Waals surface area contributed by atoms with E-state index in [-0.39, 0.29) is 12.1 Å². The fourth-order valence-corrected chi connectivity index (χ4v) is 4.03. The number of aliphatic imine (C=N–C) groups is 1. The summed E-state index contributed by atoms with van der Waals surface area (Å²) in [6.45, 7) is 15.7. The number of nitrogens with one attached hydrogen (secondary N) is 1. The van der Waals surface area contributed by atoms with Gasteiger partial charge in [0.05, 0.1) is 6.04 Å². The first kappa shape index (κ1) is 25.8. The molecular weight excluding hydrogens is 384 g/mol. The third-order valence-corrected chi connectivity index (χ3v) is 5.43. The number of hydrogen-bond acceptors (Lipinski definition) is 3. The van der Waals surface area contributed by atoms with Crippen molar-refractivity contribution >= 4 is 16.9 Å². The summed E-state index contributed by atoms with van der Waals surface area (Å²) in [5.41, 5.74) is 5.31. The zero-order chi connectivity index (χ0) is 22.4. The van der Waals surface area contributed by atoms with E-state index < -0.39 is 0 Å². The van der Waals surface area contributed by atoms with Crippen molar-refractivity contribution in [3.05, 3.63) is 95.6 Å². The molecule has 30 heavy (non-hydrogen) atoms. The van der Waals surface area contributed by atoms with Gasteiger partial charge in [0.2, 0.25) is 0 Å². The van der Waals surface area contributed by atoms with Crippen molar-refractivity contribution in [3.63, 3.8) is 0 Å². The topological polar surface area (TPSA) is 24.4 Å². The number of aryl methyl sites for hydroxylation is 2. The number of rotatable bonds is 5. The zero-order valence-corrected chi connectivity index (χ0v) is 20.3. The second kappa shape index (κ2) is 14.7. The van der Waals surface area contributed by atoms with Gasteiger partial charge in [-0.2, -0.15) is 0 Å². The smallest absolute Gasteiger partial charge is 0.158 e. The first-order valence-electron chi connectivity index (χ1n) is 10.9. The van der Waals surface area contributed by atoms with Crippen molar-refractivity contribution in [2.45, 2.75) is 65.8 Å². The molecule has 3 heteroatoms. The SMILES string of the molecule is C=CC.CC.CC/C=C/[C@@H]1NC(SCc2cc(C)ccc2C)=N[C@@H]1c1ccccc1. The molecule has 0 radical (unpaired) electrons. The molecule has 0 spiro atoms. The van der Waals surface area contributed by atoms with E-state index in [1.807, 2.05) is 20.8 Å². The van der Waals surface area contributed by atoms with Crippen molar-refractivity contribution in [3.8, 4) is 0 Å². The van der Waals surface area contributed by atoms with Gasteiger partial charge < -0.3 is 5.32 Å². The van der Waals surface area contributed by atoms with Crippen LogP contribution in [0.15, 0.2) is 78.3 Å². The van der Waals surface area contributed by atoms with E-state index >= 15 is 0 Å². The third-order valence-electron chi connectivity index (χ3n) is 4.48. The molecule has 1 heterocycles. The van der Waals surface area contributed by atoms with Gasteiger partial charge in [0.1, 0.15) is 6.04 Å². The number of allylic oxidation sites excluding steroid dienone is 2. The van der Waals surface area contributed by atoms with E-state index in [0.717, 1.165) is 17.3 Å². The molecule has 0 unspecified atom stereocenters. The summed E-state index contributed by atoms with van der Waals surface area (Å²) < 4.78 is 0. The standard InChI is InChI=1S/C22H26N2S.C3H6.C2H6/c1-4-5-11-20-21(18-9-7-6-8-10-18)24-22(23-20)25-15-19-14-16(2)12-13-17(19)3;1-3-2;1-2/h5-14,20-21H,4,15H2,1-3H3,(H,23,24);3H,1H2,2H3;1-2H3/b11-5+;;/t20-,21+;;/m0../s1. The maximum atomic E-state index is 4.98. The minimum atomic E-state index is 0.158.